The zero-order valence-electron chi connectivity index (χ0n) is 11.1. The van der Waals surface area contributed by atoms with Crippen molar-refractivity contribution in [3.8, 4) is 0 Å². The first-order valence-electron chi connectivity index (χ1n) is 6.99. The molecule has 0 saturated heterocycles. The van der Waals surface area contributed by atoms with Gasteiger partial charge in [-0.15, -0.1) is 11.6 Å². The van der Waals surface area contributed by atoms with Gasteiger partial charge in [0.1, 0.15) is 5.82 Å². The summed E-state index contributed by atoms with van der Waals surface area (Å²) in [6.07, 6.45) is 6.30. The first-order chi connectivity index (χ1) is 9.18. The molecule has 1 fully saturated rings. The van der Waals surface area contributed by atoms with Crippen LogP contribution < -0.4 is 0 Å². The number of imidazole rings is 1. The van der Waals surface area contributed by atoms with Crippen molar-refractivity contribution in [2.45, 2.75) is 50.4 Å². The van der Waals surface area contributed by atoms with E-state index in [-0.39, 0.29) is 5.38 Å². The maximum absolute atomic E-state index is 6.40. The maximum atomic E-state index is 6.40. The van der Waals surface area contributed by atoms with Crippen LogP contribution in [0.5, 0.6) is 0 Å². The van der Waals surface area contributed by atoms with Crippen molar-refractivity contribution in [3.63, 3.8) is 0 Å². The number of para-hydroxylation sites is 1. The molecule has 1 aliphatic carbocycles. The van der Waals surface area contributed by atoms with E-state index >= 15 is 0 Å². The Morgan fingerprint density at radius 1 is 1.26 bits per heavy atom. The number of hydrogen-bond donors (Lipinski definition) is 0. The molecule has 2 aromatic rings. The van der Waals surface area contributed by atoms with E-state index < -0.39 is 0 Å². The topological polar surface area (TPSA) is 17.8 Å². The Balaban J connectivity index is 2.20. The monoisotopic (exact) mass is 296 g/mol. The van der Waals surface area contributed by atoms with Crippen LogP contribution >= 0.6 is 23.2 Å². The molecule has 102 valence electrons. The second-order valence-corrected chi connectivity index (χ2v) is 6.42. The lowest BCUT2D eigenvalue weighted by Crippen LogP contribution is -2.16. The smallest absolute Gasteiger partial charge is 0.128 e. The third-order valence-corrected chi connectivity index (χ3v) is 4.48. The summed E-state index contributed by atoms with van der Waals surface area (Å²) in [6.45, 7) is 1.98. The van der Waals surface area contributed by atoms with E-state index in [9.17, 15) is 0 Å². The Bertz CT molecular complexity index is 583. The largest absolute Gasteiger partial charge is 0.322 e. The summed E-state index contributed by atoms with van der Waals surface area (Å²) in [5.41, 5.74) is 2.01. The molecule has 2 nitrogen and oxygen atoms in total. The molecule has 1 saturated carbocycles. The molecule has 1 aromatic carbocycles. The summed E-state index contributed by atoms with van der Waals surface area (Å²) < 4.78 is 2.30. The molecular formula is C15H18Cl2N2. The summed E-state index contributed by atoms with van der Waals surface area (Å²) in [5.74, 6) is 0.955. The zero-order valence-corrected chi connectivity index (χ0v) is 12.6. The maximum Gasteiger partial charge on any atom is 0.128 e. The molecule has 1 aromatic heterocycles. The van der Waals surface area contributed by atoms with E-state index in [2.05, 4.69) is 4.57 Å². The number of aromatic nitrogens is 2. The van der Waals surface area contributed by atoms with Gasteiger partial charge in [-0.25, -0.2) is 4.98 Å². The second kappa shape index (κ2) is 5.34. The average molecular weight is 297 g/mol. The van der Waals surface area contributed by atoms with Gasteiger partial charge in [0.25, 0.3) is 0 Å². The lowest BCUT2D eigenvalue weighted by Gasteiger charge is -2.26. The van der Waals surface area contributed by atoms with Gasteiger partial charge in [0, 0.05) is 6.04 Å². The quantitative estimate of drug-likeness (QED) is 0.670. The van der Waals surface area contributed by atoms with Crippen molar-refractivity contribution in [1.82, 2.24) is 9.55 Å². The predicted octanol–water partition coefficient (Wildman–Crippen LogP) is 5.49. The molecule has 0 radical (unpaired) electrons. The van der Waals surface area contributed by atoms with Crippen molar-refractivity contribution >= 4 is 34.2 Å². The minimum absolute atomic E-state index is 0.0922. The highest BCUT2D eigenvalue weighted by atomic mass is 35.5. The van der Waals surface area contributed by atoms with Crippen LogP contribution in [0.1, 0.15) is 56.3 Å². The predicted molar refractivity (Wildman–Crippen MR) is 81.1 cm³/mol. The molecule has 0 amide bonds. The highest BCUT2D eigenvalue weighted by molar-refractivity contribution is 6.35. The van der Waals surface area contributed by atoms with Gasteiger partial charge in [-0.3, -0.25) is 0 Å². The average Bonchev–Trinajstić information content (AvgIpc) is 2.81. The van der Waals surface area contributed by atoms with E-state index in [1.807, 2.05) is 25.1 Å². The molecule has 4 heteroatoms. The number of fused-ring (bicyclic) bond motifs is 1. The second-order valence-electron chi connectivity index (χ2n) is 5.36. The van der Waals surface area contributed by atoms with Crippen LogP contribution in [0.25, 0.3) is 11.0 Å². The first-order valence-corrected chi connectivity index (χ1v) is 7.80. The number of hydrogen-bond acceptors (Lipinski definition) is 1. The van der Waals surface area contributed by atoms with E-state index in [0.717, 1.165) is 21.9 Å². The van der Waals surface area contributed by atoms with Crippen LogP contribution in [-0.4, -0.2) is 9.55 Å². The fourth-order valence-corrected chi connectivity index (χ4v) is 3.53. The fourth-order valence-electron chi connectivity index (χ4n) is 3.11. The molecule has 1 unspecified atom stereocenters. The molecular weight excluding hydrogens is 279 g/mol. The van der Waals surface area contributed by atoms with E-state index in [0.29, 0.717) is 6.04 Å². The highest BCUT2D eigenvalue weighted by Crippen LogP contribution is 2.37. The molecule has 0 aliphatic heterocycles. The van der Waals surface area contributed by atoms with E-state index in [1.165, 1.54) is 32.1 Å². The Labute approximate surface area is 123 Å². The zero-order chi connectivity index (χ0) is 13.4. The minimum Gasteiger partial charge on any atom is -0.322 e. The van der Waals surface area contributed by atoms with Crippen molar-refractivity contribution in [2.75, 3.05) is 0 Å². The molecule has 19 heavy (non-hydrogen) atoms. The molecule has 0 spiro atoms. The van der Waals surface area contributed by atoms with Crippen molar-refractivity contribution < 1.29 is 0 Å². The number of nitrogens with zero attached hydrogens (tertiary/aromatic N) is 2. The third kappa shape index (κ3) is 2.36. The van der Waals surface area contributed by atoms with Crippen molar-refractivity contribution in [1.29, 1.82) is 0 Å². The van der Waals surface area contributed by atoms with Gasteiger partial charge >= 0.3 is 0 Å². The normalized spacial score (nSPS) is 18.9. The number of benzene rings is 1. The number of alkyl halides is 1. The van der Waals surface area contributed by atoms with Gasteiger partial charge in [-0.1, -0.05) is 36.9 Å². The van der Waals surface area contributed by atoms with E-state index in [1.54, 1.807) is 0 Å². The standard InChI is InChI=1S/C15H18Cl2N2/c1-10(16)15-18-13-9-5-8-12(17)14(13)19(15)11-6-3-2-4-7-11/h5,8-11H,2-4,6-7H2,1H3. The van der Waals surface area contributed by atoms with Crippen LogP contribution in [0.2, 0.25) is 5.02 Å². The van der Waals surface area contributed by atoms with Crippen LogP contribution in [-0.2, 0) is 0 Å². The summed E-state index contributed by atoms with van der Waals surface area (Å²) in [4.78, 5) is 4.69. The number of halogens is 2. The third-order valence-electron chi connectivity index (χ3n) is 3.98. The summed E-state index contributed by atoms with van der Waals surface area (Å²) in [6, 6.07) is 6.40. The van der Waals surface area contributed by atoms with Gasteiger partial charge in [0.05, 0.1) is 21.4 Å². The Hall–Kier alpha value is -0.730. The summed E-state index contributed by atoms with van der Waals surface area (Å²) in [7, 11) is 0. The lowest BCUT2D eigenvalue weighted by atomic mass is 9.95. The Kier molecular flexibility index (Phi) is 3.72. The summed E-state index contributed by atoms with van der Waals surface area (Å²) >= 11 is 12.7. The fraction of sp³-hybridized carbons (Fsp3) is 0.533. The Morgan fingerprint density at radius 3 is 2.68 bits per heavy atom. The van der Waals surface area contributed by atoms with Crippen LogP contribution in [0.3, 0.4) is 0 Å². The minimum atomic E-state index is -0.0922. The molecule has 1 aliphatic rings. The van der Waals surface area contributed by atoms with E-state index in [4.69, 9.17) is 28.2 Å². The molecule has 0 N–H and O–H groups in total. The summed E-state index contributed by atoms with van der Waals surface area (Å²) in [5, 5.41) is 0.685. The van der Waals surface area contributed by atoms with Gasteiger partial charge in [0.15, 0.2) is 0 Å². The SMILES string of the molecule is CC(Cl)c1nc2cccc(Cl)c2n1C1CCCCC1. The van der Waals surface area contributed by atoms with Crippen molar-refractivity contribution in [3.05, 3.63) is 29.0 Å². The van der Waals surface area contributed by atoms with Gasteiger partial charge < -0.3 is 4.57 Å². The van der Waals surface area contributed by atoms with Gasteiger partial charge in [0.2, 0.25) is 0 Å². The van der Waals surface area contributed by atoms with Crippen LogP contribution in [0.4, 0.5) is 0 Å². The first kappa shape index (κ1) is 13.3. The molecule has 0 bridgehead atoms. The highest BCUT2D eigenvalue weighted by Gasteiger charge is 2.24. The molecule has 1 heterocycles. The van der Waals surface area contributed by atoms with Crippen molar-refractivity contribution in [2.24, 2.45) is 0 Å². The Morgan fingerprint density at radius 2 is 2.00 bits per heavy atom. The van der Waals surface area contributed by atoms with Crippen LogP contribution in [0.15, 0.2) is 18.2 Å². The number of rotatable bonds is 2. The molecule has 3 rings (SSSR count). The lowest BCUT2D eigenvalue weighted by molar-refractivity contribution is 0.352. The van der Waals surface area contributed by atoms with Gasteiger partial charge in [-0.05, 0) is 31.9 Å². The molecule has 1 atom stereocenters. The van der Waals surface area contributed by atoms with Crippen LogP contribution in [0, 0.1) is 0 Å². The van der Waals surface area contributed by atoms with Gasteiger partial charge in [-0.2, -0.15) is 0 Å².